The Labute approximate surface area is 215 Å². The predicted molar refractivity (Wildman–Crippen MR) is 130 cm³/mol. The van der Waals surface area contributed by atoms with Crippen molar-refractivity contribution in [3.63, 3.8) is 0 Å². The number of hydrogen-bond acceptors (Lipinski definition) is 4. The van der Waals surface area contributed by atoms with E-state index in [4.69, 9.17) is 14.6 Å². The van der Waals surface area contributed by atoms with Gasteiger partial charge >= 0.3 is 12.1 Å². The van der Waals surface area contributed by atoms with Crippen LogP contribution in [0.25, 0.3) is 0 Å². The van der Waals surface area contributed by atoms with Crippen molar-refractivity contribution >= 4 is 17.6 Å². The second kappa shape index (κ2) is 12.5. The van der Waals surface area contributed by atoms with Crippen LogP contribution in [0.3, 0.4) is 0 Å². The van der Waals surface area contributed by atoms with E-state index in [0.29, 0.717) is 23.1 Å². The summed E-state index contributed by atoms with van der Waals surface area (Å²) in [6, 6.07) is 17.4. The number of rotatable bonds is 6. The quantitative estimate of drug-likeness (QED) is 0.344. The van der Waals surface area contributed by atoms with E-state index in [1.807, 2.05) is 13.0 Å². The van der Waals surface area contributed by atoms with Crippen molar-refractivity contribution in [1.82, 2.24) is 5.32 Å². The highest BCUT2D eigenvalue weighted by molar-refractivity contribution is 5.95. The minimum absolute atomic E-state index is 0.0782. The van der Waals surface area contributed by atoms with Gasteiger partial charge in [-0.2, -0.15) is 13.2 Å². The molecule has 3 aromatic rings. The van der Waals surface area contributed by atoms with E-state index in [2.05, 4.69) is 10.6 Å². The van der Waals surface area contributed by atoms with Crippen molar-refractivity contribution in [2.75, 3.05) is 11.9 Å². The number of halogens is 5. The SMILES string of the molecule is Cc1cc(F)ccc1C[C@H]1CN[C@H](C(=O)Nc2ccc(Oc3ccc(F)cc3)cc2)C1.O=C(O)C(F)(F)F. The number of hydrogen-bond donors (Lipinski definition) is 3. The van der Waals surface area contributed by atoms with E-state index < -0.39 is 12.1 Å². The van der Waals surface area contributed by atoms with Crippen LogP contribution in [0.2, 0.25) is 0 Å². The first-order valence-electron chi connectivity index (χ1n) is 11.5. The van der Waals surface area contributed by atoms with Gasteiger partial charge in [-0.25, -0.2) is 13.6 Å². The average Bonchev–Trinajstić information content (AvgIpc) is 3.32. The number of benzene rings is 3. The van der Waals surface area contributed by atoms with Gasteiger partial charge in [0.2, 0.25) is 5.91 Å². The number of alkyl halides is 3. The summed E-state index contributed by atoms with van der Waals surface area (Å²) in [5, 5.41) is 13.3. The molecule has 0 saturated carbocycles. The first-order valence-corrected chi connectivity index (χ1v) is 11.5. The third kappa shape index (κ3) is 8.55. The molecular weight excluding hydrogens is 511 g/mol. The van der Waals surface area contributed by atoms with Crippen LogP contribution in [0.4, 0.5) is 27.6 Å². The summed E-state index contributed by atoms with van der Waals surface area (Å²) in [5.74, 6) is -1.92. The smallest absolute Gasteiger partial charge is 0.475 e. The Morgan fingerprint density at radius 1 is 0.974 bits per heavy atom. The lowest BCUT2D eigenvalue weighted by molar-refractivity contribution is -0.192. The third-order valence-corrected chi connectivity index (χ3v) is 5.77. The van der Waals surface area contributed by atoms with Crippen LogP contribution >= 0.6 is 0 Å². The van der Waals surface area contributed by atoms with Crippen molar-refractivity contribution in [1.29, 1.82) is 0 Å². The second-order valence-electron chi connectivity index (χ2n) is 8.71. The molecule has 0 aliphatic carbocycles. The summed E-state index contributed by atoms with van der Waals surface area (Å²) in [6.45, 7) is 2.66. The number of carboxylic acid groups (broad SMARTS) is 1. The van der Waals surface area contributed by atoms with E-state index in [1.165, 1.54) is 18.2 Å². The molecular formula is C27H25F5N2O4. The maximum atomic E-state index is 13.3. The Bertz CT molecular complexity index is 1250. The van der Waals surface area contributed by atoms with Crippen LogP contribution < -0.4 is 15.4 Å². The second-order valence-corrected chi connectivity index (χ2v) is 8.71. The standard InChI is InChI=1S/C25H24F2N2O2.C2HF3O2/c1-16-12-20(27)3-2-18(16)13-17-14-24(28-15-17)25(30)29-21-6-10-23(11-7-21)31-22-8-4-19(26)5-9-22;3-2(4,5)1(6)7/h2-12,17,24,28H,13-15H2,1H3,(H,29,30);(H,6,7)/t17-,24+;/m1./s1. The molecule has 0 unspecified atom stereocenters. The van der Waals surface area contributed by atoms with E-state index in [-0.39, 0.29) is 23.6 Å². The molecule has 1 heterocycles. The van der Waals surface area contributed by atoms with Crippen LogP contribution in [0, 0.1) is 24.5 Å². The molecule has 3 N–H and O–H groups in total. The van der Waals surface area contributed by atoms with Gasteiger partial charge in [0.25, 0.3) is 0 Å². The normalized spacial score (nSPS) is 16.8. The molecule has 1 amide bonds. The molecule has 1 fully saturated rings. The van der Waals surface area contributed by atoms with Crippen molar-refractivity contribution in [2.24, 2.45) is 5.92 Å². The van der Waals surface area contributed by atoms with Crippen LogP contribution in [0.1, 0.15) is 17.5 Å². The molecule has 38 heavy (non-hydrogen) atoms. The minimum Gasteiger partial charge on any atom is -0.475 e. The number of anilines is 1. The first-order chi connectivity index (χ1) is 17.9. The van der Waals surface area contributed by atoms with Gasteiger partial charge < -0.3 is 20.5 Å². The molecule has 1 aliphatic rings. The highest BCUT2D eigenvalue weighted by Gasteiger charge is 2.38. The van der Waals surface area contributed by atoms with Gasteiger partial charge in [-0.15, -0.1) is 0 Å². The Hall–Kier alpha value is -3.99. The van der Waals surface area contributed by atoms with Crippen LogP contribution in [0.15, 0.2) is 66.7 Å². The molecule has 1 aliphatic heterocycles. The monoisotopic (exact) mass is 536 g/mol. The van der Waals surface area contributed by atoms with Crippen molar-refractivity contribution in [3.8, 4) is 11.5 Å². The van der Waals surface area contributed by atoms with Crippen LogP contribution in [-0.4, -0.2) is 35.7 Å². The summed E-state index contributed by atoms with van der Waals surface area (Å²) in [6.07, 6.45) is -3.53. The molecule has 3 aromatic carbocycles. The molecule has 1 saturated heterocycles. The zero-order chi connectivity index (χ0) is 27.9. The fourth-order valence-electron chi connectivity index (χ4n) is 3.84. The molecule has 0 bridgehead atoms. The third-order valence-electron chi connectivity index (χ3n) is 5.77. The number of nitrogens with one attached hydrogen (secondary N) is 2. The molecule has 0 aromatic heterocycles. The number of amides is 1. The van der Waals surface area contributed by atoms with Gasteiger partial charge in [-0.3, -0.25) is 4.79 Å². The predicted octanol–water partition coefficient (Wildman–Crippen LogP) is 5.86. The number of carbonyl (C=O) groups is 2. The maximum Gasteiger partial charge on any atom is 0.490 e. The Morgan fingerprint density at radius 2 is 1.53 bits per heavy atom. The lowest BCUT2D eigenvalue weighted by Crippen LogP contribution is -2.35. The molecule has 11 heteroatoms. The van der Waals surface area contributed by atoms with Gasteiger partial charge in [-0.05, 0) is 104 Å². The fraction of sp³-hybridized carbons (Fsp3) is 0.259. The van der Waals surface area contributed by atoms with Gasteiger partial charge in [0.05, 0.1) is 6.04 Å². The van der Waals surface area contributed by atoms with Gasteiger partial charge in [0.1, 0.15) is 23.1 Å². The largest absolute Gasteiger partial charge is 0.490 e. The Kier molecular flexibility index (Phi) is 9.40. The summed E-state index contributed by atoms with van der Waals surface area (Å²) in [5.41, 5.74) is 2.73. The molecule has 0 spiro atoms. The van der Waals surface area contributed by atoms with Gasteiger partial charge in [0, 0.05) is 5.69 Å². The lowest BCUT2D eigenvalue weighted by Gasteiger charge is -2.13. The topological polar surface area (TPSA) is 87.7 Å². The van der Waals surface area contributed by atoms with Crippen LogP contribution in [-0.2, 0) is 16.0 Å². The number of aliphatic carboxylic acids is 1. The molecule has 6 nitrogen and oxygen atoms in total. The number of carboxylic acids is 1. The zero-order valence-corrected chi connectivity index (χ0v) is 20.2. The van der Waals surface area contributed by atoms with E-state index in [9.17, 15) is 26.7 Å². The maximum absolute atomic E-state index is 13.3. The summed E-state index contributed by atoms with van der Waals surface area (Å²) >= 11 is 0. The van der Waals surface area contributed by atoms with Crippen molar-refractivity contribution < 1.29 is 41.4 Å². The molecule has 4 rings (SSSR count). The summed E-state index contributed by atoms with van der Waals surface area (Å²) < 4.78 is 63.7. The van der Waals surface area contributed by atoms with E-state index in [1.54, 1.807) is 42.5 Å². The average molecular weight is 536 g/mol. The highest BCUT2D eigenvalue weighted by Crippen LogP contribution is 2.25. The zero-order valence-electron chi connectivity index (χ0n) is 20.2. The Balaban J connectivity index is 0.000000505. The first kappa shape index (κ1) is 28.6. The van der Waals surface area contributed by atoms with Gasteiger partial charge in [0.15, 0.2) is 0 Å². The van der Waals surface area contributed by atoms with Crippen molar-refractivity contribution in [2.45, 2.75) is 32.0 Å². The van der Waals surface area contributed by atoms with Gasteiger partial charge in [-0.1, -0.05) is 6.07 Å². The summed E-state index contributed by atoms with van der Waals surface area (Å²) in [7, 11) is 0. The van der Waals surface area contributed by atoms with E-state index in [0.717, 1.165) is 30.5 Å². The number of aryl methyl sites for hydroxylation is 1. The number of carbonyl (C=O) groups excluding carboxylic acids is 1. The fourth-order valence-corrected chi connectivity index (χ4v) is 3.84. The highest BCUT2D eigenvalue weighted by atomic mass is 19.4. The lowest BCUT2D eigenvalue weighted by atomic mass is 9.94. The minimum atomic E-state index is -5.08. The molecule has 2 atom stereocenters. The summed E-state index contributed by atoms with van der Waals surface area (Å²) in [4.78, 5) is 21.5. The van der Waals surface area contributed by atoms with Crippen LogP contribution in [0.5, 0.6) is 11.5 Å². The van der Waals surface area contributed by atoms with E-state index >= 15 is 0 Å². The van der Waals surface area contributed by atoms with Crippen molar-refractivity contribution in [3.05, 3.63) is 89.5 Å². The molecule has 202 valence electrons. The Morgan fingerprint density at radius 3 is 2.08 bits per heavy atom. The molecule has 0 radical (unpaired) electrons. The number of ether oxygens (including phenoxy) is 1.